The Morgan fingerprint density at radius 2 is 2.40 bits per heavy atom. The number of halogens is 1. The van der Waals surface area contributed by atoms with Gasteiger partial charge in [0.1, 0.15) is 6.04 Å². The Kier molecular flexibility index (Phi) is 5.87. The van der Waals surface area contributed by atoms with Crippen molar-refractivity contribution in [2.75, 3.05) is 18.2 Å². The molecule has 10 heavy (non-hydrogen) atoms. The summed E-state index contributed by atoms with van der Waals surface area (Å²) >= 11 is 9.17. The molecule has 0 rings (SSSR count). The fraction of sp³-hybridized carbons (Fsp3) is 0.800. The fourth-order valence-corrected chi connectivity index (χ4v) is 0.853. The lowest BCUT2D eigenvalue weighted by Gasteiger charge is -2.08. The molecule has 60 valence electrons. The van der Waals surface area contributed by atoms with E-state index in [1.165, 1.54) is 0 Å². The van der Waals surface area contributed by atoms with E-state index in [0.717, 1.165) is 0 Å². The number of alkyl halides is 1. The predicted molar refractivity (Wildman–Crippen MR) is 44.0 cm³/mol. The first-order valence-corrected chi connectivity index (χ1v) is 4.02. The second-order valence-electron chi connectivity index (χ2n) is 1.72. The molecule has 3 nitrogen and oxygen atoms in total. The monoisotopic (exact) mass is 183 g/mol. The molecule has 5 heteroatoms. The largest absolute Gasteiger partial charge is 0.480 e. The molecule has 1 atom stereocenters. The highest BCUT2D eigenvalue weighted by atomic mass is 35.5. The second-order valence-corrected chi connectivity index (χ2v) is 2.46. The Morgan fingerprint density at radius 3 is 2.70 bits per heavy atom. The number of rotatable bonds is 5. The molecule has 0 amide bonds. The second kappa shape index (κ2) is 5.82. The van der Waals surface area contributed by atoms with Crippen molar-refractivity contribution in [1.82, 2.24) is 5.32 Å². The summed E-state index contributed by atoms with van der Waals surface area (Å²) in [5.74, 6) is -0.191. The van der Waals surface area contributed by atoms with Crippen LogP contribution in [0.2, 0.25) is 0 Å². The summed E-state index contributed by atoms with van der Waals surface area (Å²) in [6.45, 7) is 0.499. The van der Waals surface area contributed by atoms with E-state index in [1.54, 1.807) is 0 Å². The summed E-state index contributed by atoms with van der Waals surface area (Å²) in [7, 11) is 0. The van der Waals surface area contributed by atoms with Crippen molar-refractivity contribution in [3.05, 3.63) is 0 Å². The van der Waals surface area contributed by atoms with Crippen molar-refractivity contribution in [2.45, 2.75) is 6.04 Å². The lowest BCUT2D eigenvalue weighted by atomic mass is 10.3. The number of carboxylic acids is 1. The topological polar surface area (TPSA) is 49.3 Å². The summed E-state index contributed by atoms with van der Waals surface area (Å²) in [6.07, 6.45) is 0. The van der Waals surface area contributed by atoms with Gasteiger partial charge in [-0.15, -0.1) is 11.6 Å². The molecule has 0 aromatic carbocycles. The van der Waals surface area contributed by atoms with Crippen LogP contribution in [0.4, 0.5) is 0 Å². The van der Waals surface area contributed by atoms with E-state index in [-0.39, 0.29) is 5.75 Å². The van der Waals surface area contributed by atoms with Crippen molar-refractivity contribution < 1.29 is 9.90 Å². The molecule has 0 saturated heterocycles. The molecule has 2 N–H and O–H groups in total. The molecule has 0 aliphatic carbocycles. The Morgan fingerprint density at radius 1 is 1.80 bits per heavy atom. The Bertz CT molecular complexity index is 112. The third-order valence-corrected chi connectivity index (χ3v) is 1.52. The highest BCUT2D eigenvalue weighted by Gasteiger charge is 2.12. The van der Waals surface area contributed by atoms with E-state index in [4.69, 9.17) is 16.7 Å². The molecule has 0 heterocycles. The molecule has 0 aromatic heterocycles. The quantitative estimate of drug-likeness (QED) is 0.422. The summed E-state index contributed by atoms with van der Waals surface area (Å²) in [6, 6.07) is -0.581. The van der Waals surface area contributed by atoms with Gasteiger partial charge in [0, 0.05) is 18.2 Å². The number of hydrogen-bond acceptors (Lipinski definition) is 3. The van der Waals surface area contributed by atoms with E-state index in [2.05, 4.69) is 17.9 Å². The molecule has 0 spiro atoms. The Balaban J connectivity index is 3.50. The number of nitrogens with one attached hydrogen (secondary N) is 1. The van der Waals surface area contributed by atoms with Gasteiger partial charge < -0.3 is 10.4 Å². The minimum absolute atomic E-state index is 0.284. The molecular weight excluding hydrogens is 174 g/mol. The average molecular weight is 184 g/mol. The SMILES string of the molecule is O=C(O)C(CS)NCCCl. The Hall–Kier alpha value is 0.0700. The van der Waals surface area contributed by atoms with Crippen molar-refractivity contribution in [3.8, 4) is 0 Å². The predicted octanol–water partition coefficient (Wildman–Crippen LogP) is 0.198. The molecule has 0 aliphatic heterocycles. The van der Waals surface area contributed by atoms with Crippen LogP contribution in [0.15, 0.2) is 0 Å². The van der Waals surface area contributed by atoms with Gasteiger partial charge in [-0.1, -0.05) is 0 Å². The van der Waals surface area contributed by atoms with Crippen LogP contribution in [-0.4, -0.2) is 35.3 Å². The summed E-state index contributed by atoms with van der Waals surface area (Å²) in [4.78, 5) is 10.3. The van der Waals surface area contributed by atoms with E-state index in [9.17, 15) is 4.79 Å². The maximum absolute atomic E-state index is 10.3. The fourth-order valence-electron chi connectivity index (χ4n) is 0.459. The molecular formula is C5H10ClNO2S. The third-order valence-electron chi connectivity index (χ3n) is 0.966. The van der Waals surface area contributed by atoms with Crippen molar-refractivity contribution in [3.63, 3.8) is 0 Å². The number of carbonyl (C=O) groups is 1. The van der Waals surface area contributed by atoms with Gasteiger partial charge >= 0.3 is 5.97 Å². The number of hydrogen-bond donors (Lipinski definition) is 3. The van der Waals surface area contributed by atoms with Crippen LogP contribution in [-0.2, 0) is 4.79 Å². The van der Waals surface area contributed by atoms with Gasteiger partial charge in [0.05, 0.1) is 0 Å². The zero-order valence-corrected chi connectivity index (χ0v) is 7.03. The van der Waals surface area contributed by atoms with Gasteiger partial charge in [0.25, 0.3) is 0 Å². The summed E-state index contributed by atoms with van der Waals surface area (Å²) < 4.78 is 0. The van der Waals surface area contributed by atoms with Gasteiger partial charge in [-0.2, -0.15) is 12.6 Å². The first kappa shape index (κ1) is 10.1. The normalized spacial score (nSPS) is 13.0. The minimum Gasteiger partial charge on any atom is -0.480 e. The van der Waals surface area contributed by atoms with Crippen molar-refractivity contribution >= 4 is 30.2 Å². The van der Waals surface area contributed by atoms with Crippen molar-refractivity contribution in [1.29, 1.82) is 0 Å². The number of aliphatic carboxylic acids is 1. The minimum atomic E-state index is -0.889. The molecule has 0 saturated carbocycles. The van der Waals surface area contributed by atoms with Gasteiger partial charge in [0.2, 0.25) is 0 Å². The van der Waals surface area contributed by atoms with Gasteiger partial charge in [-0.25, -0.2) is 0 Å². The van der Waals surface area contributed by atoms with Crippen LogP contribution in [0.5, 0.6) is 0 Å². The van der Waals surface area contributed by atoms with E-state index in [1.807, 2.05) is 0 Å². The van der Waals surface area contributed by atoms with Gasteiger partial charge in [-0.3, -0.25) is 4.79 Å². The van der Waals surface area contributed by atoms with Crippen LogP contribution in [0.3, 0.4) is 0 Å². The van der Waals surface area contributed by atoms with Crippen LogP contribution >= 0.6 is 24.2 Å². The molecule has 0 radical (unpaired) electrons. The van der Waals surface area contributed by atoms with E-state index in [0.29, 0.717) is 12.4 Å². The molecule has 0 fully saturated rings. The number of thiol groups is 1. The van der Waals surface area contributed by atoms with Crippen LogP contribution in [0.25, 0.3) is 0 Å². The molecule has 0 bridgehead atoms. The standard InChI is InChI=1S/C5H10ClNO2S/c6-1-2-7-4(3-10)5(8)9/h4,7,10H,1-3H2,(H,8,9). The Labute approximate surface area is 70.2 Å². The highest BCUT2D eigenvalue weighted by Crippen LogP contribution is 1.87. The van der Waals surface area contributed by atoms with Gasteiger partial charge in [-0.05, 0) is 0 Å². The van der Waals surface area contributed by atoms with Crippen LogP contribution < -0.4 is 5.32 Å². The van der Waals surface area contributed by atoms with Crippen molar-refractivity contribution in [2.24, 2.45) is 0 Å². The maximum atomic E-state index is 10.3. The summed E-state index contributed by atoms with van der Waals surface area (Å²) in [5, 5.41) is 11.2. The molecule has 0 aromatic rings. The first-order chi connectivity index (χ1) is 4.72. The van der Waals surface area contributed by atoms with E-state index < -0.39 is 12.0 Å². The first-order valence-electron chi connectivity index (χ1n) is 2.85. The molecule has 0 aliphatic rings. The van der Waals surface area contributed by atoms with E-state index >= 15 is 0 Å². The zero-order chi connectivity index (χ0) is 7.98. The average Bonchev–Trinajstić information content (AvgIpc) is 1.89. The van der Waals surface area contributed by atoms with Gasteiger partial charge in [0.15, 0.2) is 0 Å². The van der Waals surface area contributed by atoms with Crippen LogP contribution in [0.1, 0.15) is 0 Å². The van der Waals surface area contributed by atoms with Crippen LogP contribution in [0, 0.1) is 0 Å². The zero-order valence-electron chi connectivity index (χ0n) is 5.38. The lowest BCUT2D eigenvalue weighted by molar-refractivity contribution is -0.138. The molecule has 1 unspecified atom stereocenters. The lowest BCUT2D eigenvalue weighted by Crippen LogP contribution is -2.39. The maximum Gasteiger partial charge on any atom is 0.321 e. The smallest absolute Gasteiger partial charge is 0.321 e. The summed E-state index contributed by atoms with van der Waals surface area (Å²) in [5.41, 5.74) is 0. The third kappa shape index (κ3) is 3.98. The highest BCUT2D eigenvalue weighted by molar-refractivity contribution is 7.80. The number of carboxylic acid groups (broad SMARTS) is 1.